The highest BCUT2D eigenvalue weighted by Gasteiger charge is 2.24. The maximum atomic E-state index is 12.6. The summed E-state index contributed by atoms with van der Waals surface area (Å²) >= 11 is 6.19. The molecule has 1 saturated heterocycles. The Kier molecular flexibility index (Phi) is 4.66. The molecule has 0 radical (unpaired) electrons. The molecule has 4 rings (SSSR count). The van der Waals surface area contributed by atoms with Crippen LogP contribution in [-0.2, 0) is 0 Å². The van der Waals surface area contributed by atoms with Gasteiger partial charge < -0.3 is 15.2 Å². The van der Waals surface area contributed by atoms with Crippen LogP contribution in [-0.4, -0.2) is 39.5 Å². The van der Waals surface area contributed by atoms with Gasteiger partial charge in [-0.05, 0) is 56.2 Å². The summed E-state index contributed by atoms with van der Waals surface area (Å²) in [6, 6.07) is 13.8. The van der Waals surface area contributed by atoms with Crippen molar-refractivity contribution in [1.29, 1.82) is 0 Å². The number of carbonyl (C=O) groups is 1. The summed E-state index contributed by atoms with van der Waals surface area (Å²) in [5.41, 5.74) is 9.68. The average molecular weight is 383 g/mol. The highest BCUT2D eigenvalue weighted by Crippen LogP contribution is 2.28. The van der Waals surface area contributed by atoms with E-state index in [9.17, 15) is 4.79 Å². The predicted molar refractivity (Wildman–Crippen MR) is 108 cm³/mol. The summed E-state index contributed by atoms with van der Waals surface area (Å²) in [5, 5.41) is 0.695. The standard InChI is InChI=1S/C21H23ClN4O/c1-13(26-14(2)24-19-8-7-17(22)11-20(19)26)15-3-5-16(6-4-15)21(27)25-10-9-18(23)12-25/h3-8,11,13,18H,9-10,12,23H2,1-2H3/t13-,18-/m0/s1. The van der Waals surface area contributed by atoms with Crippen molar-refractivity contribution in [3.05, 3.63) is 64.4 Å². The molecule has 0 unspecified atom stereocenters. The molecule has 1 aliphatic heterocycles. The largest absolute Gasteiger partial charge is 0.337 e. The number of nitrogens with two attached hydrogens (primary N) is 1. The molecule has 2 atom stereocenters. The quantitative estimate of drug-likeness (QED) is 0.749. The van der Waals surface area contributed by atoms with Gasteiger partial charge in [0.2, 0.25) is 0 Å². The lowest BCUT2D eigenvalue weighted by molar-refractivity contribution is 0.0791. The second-order valence-corrected chi connectivity index (χ2v) is 7.70. The minimum atomic E-state index is 0.0539. The average Bonchev–Trinajstić information content (AvgIpc) is 3.23. The Bertz CT molecular complexity index is 995. The van der Waals surface area contributed by atoms with Crippen molar-refractivity contribution in [2.45, 2.75) is 32.4 Å². The van der Waals surface area contributed by atoms with Gasteiger partial charge in [-0.2, -0.15) is 0 Å². The smallest absolute Gasteiger partial charge is 0.253 e. The number of aromatic nitrogens is 2. The Morgan fingerprint density at radius 1 is 1.26 bits per heavy atom. The van der Waals surface area contributed by atoms with E-state index in [2.05, 4.69) is 16.5 Å². The molecule has 1 aromatic heterocycles. The molecular formula is C21H23ClN4O. The van der Waals surface area contributed by atoms with E-state index < -0.39 is 0 Å². The van der Waals surface area contributed by atoms with Gasteiger partial charge in [-0.1, -0.05) is 23.7 Å². The molecule has 1 amide bonds. The summed E-state index contributed by atoms with van der Waals surface area (Å²) in [6.07, 6.45) is 0.871. The monoisotopic (exact) mass is 382 g/mol. The van der Waals surface area contributed by atoms with Gasteiger partial charge in [0.05, 0.1) is 17.1 Å². The number of hydrogen-bond acceptors (Lipinski definition) is 3. The molecule has 0 bridgehead atoms. The van der Waals surface area contributed by atoms with Crippen molar-refractivity contribution in [3.8, 4) is 0 Å². The van der Waals surface area contributed by atoms with Crippen LogP contribution in [0.4, 0.5) is 0 Å². The normalized spacial score (nSPS) is 18.2. The first kappa shape index (κ1) is 18.0. The van der Waals surface area contributed by atoms with Crippen molar-refractivity contribution in [1.82, 2.24) is 14.5 Å². The number of hydrogen-bond donors (Lipinski definition) is 1. The van der Waals surface area contributed by atoms with Crippen molar-refractivity contribution in [3.63, 3.8) is 0 Å². The van der Waals surface area contributed by atoms with Gasteiger partial charge in [0.25, 0.3) is 5.91 Å². The molecule has 140 valence electrons. The van der Waals surface area contributed by atoms with E-state index in [0.29, 0.717) is 17.1 Å². The van der Waals surface area contributed by atoms with E-state index in [4.69, 9.17) is 17.3 Å². The van der Waals surface area contributed by atoms with E-state index >= 15 is 0 Å². The van der Waals surface area contributed by atoms with E-state index in [1.54, 1.807) is 0 Å². The molecule has 27 heavy (non-hydrogen) atoms. The minimum Gasteiger partial charge on any atom is -0.337 e. The summed E-state index contributed by atoms with van der Waals surface area (Å²) in [6.45, 7) is 5.50. The van der Waals surface area contributed by atoms with Crippen LogP contribution in [0.5, 0.6) is 0 Å². The second-order valence-electron chi connectivity index (χ2n) is 7.26. The van der Waals surface area contributed by atoms with Gasteiger partial charge >= 0.3 is 0 Å². The lowest BCUT2D eigenvalue weighted by Crippen LogP contribution is -2.31. The van der Waals surface area contributed by atoms with Crippen molar-refractivity contribution >= 4 is 28.5 Å². The first-order valence-electron chi connectivity index (χ1n) is 9.23. The number of imidazole rings is 1. The number of aryl methyl sites for hydroxylation is 1. The zero-order chi connectivity index (χ0) is 19.1. The lowest BCUT2D eigenvalue weighted by atomic mass is 10.0. The zero-order valence-electron chi connectivity index (χ0n) is 15.5. The Hall–Kier alpha value is -2.37. The molecule has 0 aliphatic carbocycles. The SMILES string of the molecule is Cc1nc2ccc(Cl)cc2n1[C@@H](C)c1ccc(C(=O)N2CC[C@H](N)C2)cc1. The van der Waals surface area contributed by atoms with Gasteiger partial charge in [0.15, 0.2) is 0 Å². The molecule has 6 heteroatoms. The van der Waals surface area contributed by atoms with Crippen LogP contribution in [0.25, 0.3) is 11.0 Å². The maximum absolute atomic E-state index is 12.6. The van der Waals surface area contributed by atoms with Crippen LogP contribution in [0.1, 0.15) is 41.1 Å². The van der Waals surface area contributed by atoms with Crippen LogP contribution >= 0.6 is 11.6 Å². The van der Waals surface area contributed by atoms with Gasteiger partial charge in [0, 0.05) is 29.7 Å². The summed E-state index contributed by atoms with van der Waals surface area (Å²) in [5.74, 6) is 0.990. The molecule has 1 aliphatic rings. The van der Waals surface area contributed by atoms with Crippen LogP contribution in [0.2, 0.25) is 5.02 Å². The highest BCUT2D eigenvalue weighted by atomic mass is 35.5. The van der Waals surface area contributed by atoms with Gasteiger partial charge in [-0.15, -0.1) is 0 Å². The fraction of sp³-hybridized carbons (Fsp3) is 0.333. The van der Waals surface area contributed by atoms with Crippen molar-refractivity contribution in [2.24, 2.45) is 5.73 Å². The lowest BCUT2D eigenvalue weighted by Gasteiger charge is -2.19. The number of rotatable bonds is 3. The number of nitrogens with zero attached hydrogens (tertiary/aromatic N) is 3. The third-order valence-electron chi connectivity index (χ3n) is 5.37. The number of fused-ring (bicyclic) bond motifs is 1. The van der Waals surface area contributed by atoms with Gasteiger partial charge in [-0.3, -0.25) is 4.79 Å². The molecule has 2 heterocycles. The molecule has 3 aromatic rings. The minimum absolute atomic E-state index is 0.0539. The van der Waals surface area contributed by atoms with Crippen LogP contribution < -0.4 is 5.73 Å². The first-order chi connectivity index (χ1) is 12.9. The second kappa shape index (κ2) is 6.98. The van der Waals surface area contributed by atoms with Gasteiger partial charge in [-0.25, -0.2) is 4.98 Å². The number of amides is 1. The molecule has 1 fully saturated rings. The van der Waals surface area contributed by atoms with E-state index in [-0.39, 0.29) is 18.0 Å². The molecule has 0 spiro atoms. The third kappa shape index (κ3) is 3.33. The Labute approximate surface area is 163 Å². The number of benzene rings is 2. The van der Waals surface area contributed by atoms with Gasteiger partial charge in [0.1, 0.15) is 5.82 Å². The maximum Gasteiger partial charge on any atom is 0.253 e. The number of carbonyl (C=O) groups excluding carboxylic acids is 1. The van der Waals surface area contributed by atoms with E-state index in [1.165, 1.54) is 0 Å². The first-order valence-corrected chi connectivity index (χ1v) is 9.61. The molecule has 2 aromatic carbocycles. The summed E-state index contributed by atoms with van der Waals surface area (Å²) in [7, 11) is 0. The van der Waals surface area contributed by atoms with Crippen LogP contribution in [0.3, 0.4) is 0 Å². The zero-order valence-corrected chi connectivity index (χ0v) is 16.3. The Balaban J connectivity index is 1.62. The van der Waals surface area contributed by atoms with Crippen molar-refractivity contribution in [2.75, 3.05) is 13.1 Å². The Morgan fingerprint density at radius 3 is 2.67 bits per heavy atom. The summed E-state index contributed by atoms with van der Waals surface area (Å²) < 4.78 is 2.18. The topological polar surface area (TPSA) is 64.2 Å². The fourth-order valence-electron chi connectivity index (χ4n) is 3.88. The molecular weight excluding hydrogens is 360 g/mol. The highest BCUT2D eigenvalue weighted by molar-refractivity contribution is 6.31. The van der Waals surface area contributed by atoms with Crippen molar-refractivity contribution < 1.29 is 4.79 Å². The number of likely N-dealkylation sites (tertiary alicyclic amines) is 1. The third-order valence-corrected chi connectivity index (χ3v) is 5.60. The Morgan fingerprint density at radius 2 is 2.00 bits per heavy atom. The van der Waals surface area contributed by atoms with E-state index in [0.717, 1.165) is 35.4 Å². The molecule has 2 N–H and O–H groups in total. The number of halogens is 1. The summed E-state index contributed by atoms with van der Waals surface area (Å²) in [4.78, 5) is 19.1. The predicted octanol–water partition coefficient (Wildman–Crippen LogP) is 3.78. The van der Waals surface area contributed by atoms with Crippen LogP contribution in [0.15, 0.2) is 42.5 Å². The van der Waals surface area contributed by atoms with E-state index in [1.807, 2.05) is 54.3 Å². The molecule has 0 saturated carbocycles. The fourth-order valence-corrected chi connectivity index (χ4v) is 4.05. The van der Waals surface area contributed by atoms with Crippen LogP contribution in [0, 0.1) is 6.92 Å². The molecule has 5 nitrogen and oxygen atoms in total.